The molecule has 1 N–H and O–H groups in total. The van der Waals surface area contributed by atoms with Crippen molar-refractivity contribution >= 4 is 27.3 Å². The second-order valence-electron chi connectivity index (χ2n) is 8.23. The summed E-state index contributed by atoms with van der Waals surface area (Å²) in [5.41, 5.74) is -0.0386. The molecule has 1 heterocycles. The van der Waals surface area contributed by atoms with Crippen molar-refractivity contribution in [3.05, 3.63) is 76.8 Å². The van der Waals surface area contributed by atoms with E-state index in [1.807, 2.05) is 0 Å². The number of halogens is 5. The first kappa shape index (κ1) is 25.2. The Hall–Kier alpha value is -2.92. The Morgan fingerprint density at radius 3 is 2.37 bits per heavy atom. The number of benzene rings is 2. The van der Waals surface area contributed by atoms with Crippen molar-refractivity contribution in [1.82, 2.24) is 15.1 Å². The molecule has 0 unspecified atom stereocenters. The summed E-state index contributed by atoms with van der Waals surface area (Å²) in [6.45, 7) is -0.0435. The van der Waals surface area contributed by atoms with Gasteiger partial charge in [-0.05, 0) is 61.4 Å². The Balaban J connectivity index is 1.45. The molecule has 1 amide bonds. The third kappa shape index (κ3) is 5.35. The average molecular weight is 530 g/mol. The molecule has 1 aromatic heterocycles. The first-order chi connectivity index (χ1) is 16.5. The molecule has 0 aliphatic heterocycles. The van der Waals surface area contributed by atoms with Crippen LogP contribution in [-0.4, -0.2) is 29.4 Å². The first-order valence-corrected chi connectivity index (χ1v) is 12.6. The fourth-order valence-electron chi connectivity index (χ4n) is 4.15. The molecule has 2 aromatic carbocycles. The predicted octanol–water partition coefficient (Wildman–Crippen LogP) is 4.94. The Morgan fingerprint density at radius 2 is 1.74 bits per heavy atom. The van der Waals surface area contributed by atoms with E-state index >= 15 is 0 Å². The summed E-state index contributed by atoms with van der Waals surface area (Å²) in [6, 6.07) is 8.85. The number of amides is 1. The number of nitrogens with one attached hydrogen (secondary N) is 1. The molecule has 0 bridgehead atoms. The lowest BCUT2D eigenvalue weighted by atomic mass is 10.1. The summed E-state index contributed by atoms with van der Waals surface area (Å²) in [7, 11) is -3.84. The van der Waals surface area contributed by atoms with Gasteiger partial charge < -0.3 is 5.32 Å². The van der Waals surface area contributed by atoms with Crippen LogP contribution in [0.5, 0.6) is 0 Å². The Labute approximate surface area is 203 Å². The van der Waals surface area contributed by atoms with Crippen molar-refractivity contribution in [2.45, 2.75) is 42.1 Å². The van der Waals surface area contributed by atoms with E-state index in [0.29, 0.717) is 30.5 Å². The average Bonchev–Trinajstić information content (AvgIpc) is 3.45. The molecule has 2 atom stereocenters. The van der Waals surface area contributed by atoms with Crippen molar-refractivity contribution in [2.75, 3.05) is 0 Å². The SMILES string of the molecule is O=C(NCc1cn(-c2ccc(C(F)(F)F)cc2)nc1Cl)[C@@H]1CCC[C@@H]1S(=O)(=O)c1ccc(F)cc1. The van der Waals surface area contributed by atoms with Crippen LogP contribution in [0.2, 0.25) is 5.15 Å². The molecule has 6 nitrogen and oxygen atoms in total. The molecule has 0 saturated heterocycles. The van der Waals surface area contributed by atoms with E-state index in [1.54, 1.807) is 0 Å². The molecule has 186 valence electrons. The maximum atomic E-state index is 13.2. The highest BCUT2D eigenvalue weighted by molar-refractivity contribution is 7.92. The Kier molecular flexibility index (Phi) is 6.92. The zero-order valence-electron chi connectivity index (χ0n) is 18.1. The maximum absolute atomic E-state index is 13.2. The van der Waals surface area contributed by atoms with Crippen molar-refractivity contribution < 1.29 is 30.8 Å². The minimum atomic E-state index is -4.46. The van der Waals surface area contributed by atoms with Gasteiger partial charge in [0.1, 0.15) is 5.82 Å². The minimum Gasteiger partial charge on any atom is -0.352 e. The van der Waals surface area contributed by atoms with Crippen LogP contribution in [0.15, 0.2) is 59.6 Å². The van der Waals surface area contributed by atoms with Gasteiger partial charge in [-0.1, -0.05) is 18.0 Å². The number of aromatic nitrogens is 2. The van der Waals surface area contributed by atoms with Gasteiger partial charge in [0.15, 0.2) is 15.0 Å². The van der Waals surface area contributed by atoms with Crippen LogP contribution in [-0.2, 0) is 27.4 Å². The van der Waals surface area contributed by atoms with Gasteiger partial charge in [0.05, 0.1) is 27.3 Å². The van der Waals surface area contributed by atoms with Crippen LogP contribution >= 0.6 is 11.6 Å². The molecule has 12 heteroatoms. The standard InChI is InChI=1S/C23H20ClF4N3O3S/c24-21-14(13-31(30-21)17-8-4-15(5-9-17)23(26,27)28)12-29-22(32)19-2-1-3-20(19)35(33,34)18-10-6-16(25)7-11-18/h4-11,13,19-20H,1-3,12H2,(H,29,32)/t19-,20+/m1/s1. The van der Waals surface area contributed by atoms with Crippen molar-refractivity contribution in [3.63, 3.8) is 0 Å². The monoisotopic (exact) mass is 529 g/mol. The van der Waals surface area contributed by atoms with E-state index in [-0.39, 0.29) is 16.6 Å². The molecule has 0 radical (unpaired) electrons. The summed E-state index contributed by atoms with van der Waals surface area (Å²) in [5.74, 6) is -1.80. The normalized spacial score (nSPS) is 18.5. The maximum Gasteiger partial charge on any atom is 0.416 e. The molecular weight excluding hydrogens is 510 g/mol. The number of alkyl halides is 3. The van der Waals surface area contributed by atoms with Crippen LogP contribution < -0.4 is 5.32 Å². The lowest BCUT2D eigenvalue weighted by Gasteiger charge is -2.19. The number of hydrogen-bond donors (Lipinski definition) is 1. The van der Waals surface area contributed by atoms with Crippen LogP contribution in [0.1, 0.15) is 30.4 Å². The summed E-state index contributed by atoms with van der Waals surface area (Å²) >= 11 is 6.15. The smallest absolute Gasteiger partial charge is 0.352 e. The molecule has 3 aromatic rings. The van der Waals surface area contributed by atoms with E-state index < -0.39 is 44.5 Å². The summed E-state index contributed by atoms with van der Waals surface area (Å²) in [4.78, 5) is 12.8. The van der Waals surface area contributed by atoms with Gasteiger partial charge in [-0.2, -0.15) is 18.3 Å². The lowest BCUT2D eigenvalue weighted by Crippen LogP contribution is -2.38. The van der Waals surface area contributed by atoms with Crippen molar-refractivity contribution in [1.29, 1.82) is 0 Å². The number of hydrogen-bond acceptors (Lipinski definition) is 4. The molecular formula is C23H20ClF4N3O3S. The van der Waals surface area contributed by atoms with Gasteiger partial charge in [0.25, 0.3) is 0 Å². The second kappa shape index (κ2) is 9.62. The van der Waals surface area contributed by atoms with Crippen LogP contribution in [0.4, 0.5) is 17.6 Å². The summed E-state index contributed by atoms with van der Waals surface area (Å²) < 4.78 is 78.9. The fourth-order valence-corrected chi connectivity index (χ4v) is 6.38. The molecule has 1 fully saturated rings. The molecule has 1 saturated carbocycles. The van der Waals surface area contributed by atoms with Gasteiger partial charge in [-0.25, -0.2) is 17.5 Å². The zero-order valence-corrected chi connectivity index (χ0v) is 19.7. The second-order valence-corrected chi connectivity index (χ2v) is 10.8. The topological polar surface area (TPSA) is 81.1 Å². The minimum absolute atomic E-state index is 0.0375. The van der Waals surface area contributed by atoms with Crippen LogP contribution in [0, 0.1) is 11.7 Å². The molecule has 1 aliphatic carbocycles. The van der Waals surface area contributed by atoms with Gasteiger partial charge in [0, 0.05) is 18.3 Å². The third-order valence-corrected chi connectivity index (χ3v) is 8.59. The van der Waals surface area contributed by atoms with Gasteiger partial charge in [-0.3, -0.25) is 4.79 Å². The van der Waals surface area contributed by atoms with Crippen LogP contribution in [0.3, 0.4) is 0 Å². The summed E-state index contributed by atoms with van der Waals surface area (Å²) in [5, 5.41) is 5.88. The van der Waals surface area contributed by atoms with E-state index in [4.69, 9.17) is 11.6 Å². The highest BCUT2D eigenvalue weighted by Crippen LogP contribution is 2.35. The molecule has 0 spiro atoms. The third-order valence-electron chi connectivity index (χ3n) is 5.98. The van der Waals surface area contributed by atoms with E-state index in [1.165, 1.54) is 35.1 Å². The van der Waals surface area contributed by atoms with E-state index in [0.717, 1.165) is 24.3 Å². The first-order valence-electron chi connectivity index (χ1n) is 10.7. The summed E-state index contributed by atoms with van der Waals surface area (Å²) in [6.07, 6.45) is -1.74. The highest BCUT2D eigenvalue weighted by atomic mass is 35.5. The van der Waals surface area contributed by atoms with E-state index in [2.05, 4.69) is 10.4 Å². The highest BCUT2D eigenvalue weighted by Gasteiger charge is 2.42. The largest absolute Gasteiger partial charge is 0.416 e. The molecule has 35 heavy (non-hydrogen) atoms. The molecule has 1 aliphatic rings. The van der Waals surface area contributed by atoms with Gasteiger partial charge >= 0.3 is 6.18 Å². The van der Waals surface area contributed by atoms with E-state index in [9.17, 15) is 30.8 Å². The zero-order chi connectivity index (χ0) is 25.4. The molecule has 4 rings (SSSR count). The number of rotatable bonds is 6. The van der Waals surface area contributed by atoms with Gasteiger partial charge in [0.2, 0.25) is 5.91 Å². The van der Waals surface area contributed by atoms with Gasteiger partial charge in [-0.15, -0.1) is 0 Å². The quantitative estimate of drug-likeness (QED) is 0.362. The number of nitrogens with zero attached hydrogens (tertiary/aromatic N) is 2. The van der Waals surface area contributed by atoms with Crippen LogP contribution in [0.25, 0.3) is 5.69 Å². The van der Waals surface area contributed by atoms with Crippen molar-refractivity contribution in [3.8, 4) is 5.69 Å². The number of carbonyl (C=O) groups excluding carboxylic acids is 1. The number of sulfone groups is 1. The number of carbonyl (C=O) groups is 1. The fraction of sp³-hybridized carbons (Fsp3) is 0.304. The lowest BCUT2D eigenvalue weighted by molar-refractivity contribution is -0.137. The Morgan fingerprint density at radius 1 is 1.09 bits per heavy atom. The van der Waals surface area contributed by atoms with Crippen molar-refractivity contribution in [2.24, 2.45) is 5.92 Å². The Bertz CT molecular complexity index is 1320. The predicted molar refractivity (Wildman–Crippen MR) is 120 cm³/mol.